The summed E-state index contributed by atoms with van der Waals surface area (Å²) >= 11 is 0. The fourth-order valence-corrected chi connectivity index (χ4v) is 1.96. The van der Waals surface area contributed by atoms with Crippen molar-refractivity contribution in [1.29, 1.82) is 0 Å². The van der Waals surface area contributed by atoms with Crippen molar-refractivity contribution in [3.05, 3.63) is 34.4 Å². The van der Waals surface area contributed by atoms with Gasteiger partial charge in [-0.3, -0.25) is 19.7 Å². The molecule has 9 nitrogen and oxygen atoms in total. The van der Waals surface area contributed by atoms with Crippen molar-refractivity contribution in [1.82, 2.24) is 5.32 Å². The van der Waals surface area contributed by atoms with Crippen molar-refractivity contribution < 1.29 is 24.4 Å². The van der Waals surface area contributed by atoms with Gasteiger partial charge in [0.05, 0.1) is 10.6 Å². The molecular formula is C12H11N3O6. The first kappa shape index (κ1) is 14.4. The van der Waals surface area contributed by atoms with Crippen LogP contribution in [0.15, 0.2) is 24.3 Å². The lowest BCUT2D eigenvalue weighted by molar-refractivity contribution is -0.384. The Morgan fingerprint density at radius 3 is 2.48 bits per heavy atom. The average molecular weight is 293 g/mol. The maximum atomic E-state index is 12.1. The smallest absolute Gasteiger partial charge is 0.329 e. The molecule has 0 bridgehead atoms. The lowest BCUT2D eigenvalue weighted by Crippen LogP contribution is -2.31. The molecule has 1 aromatic rings. The van der Waals surface area contributed by atoms with Gasteiger partial charge in [-0.1, -0.05) is 0 Å². The standard InChI is InChI=1S/C12H11N3O6/c16-10(17)6-5-9-11(18)14(12(19)13-9)7-1-3-8(4-2-7)15(20)21/h1-4,9H,5-6H2,(H,13,19)(H,16,17). The number of carboxylic acid groups (broad SMARTS) is 1. The van der Waals surface area contributed by atoms with E-state index < -0.39 is 28.9 Å². The highest BCUT2D eigenvalue weighted by molar-refractivity contribution is 6.21. The van der Waals surface area contributed by atoms with Crippen LogP contribution in [0.5, 0.6) is 0 Å². The van der Waals surface area contributed by atoms with Crippen LogP contribution in [0.1, 0.15) is 12.8 Å². The van der Waals surface area contributed by atoms with E-state index in [4.69, 9.17) is 5.11 Å². The summed E-state index contributed by atoms with van der Waals surface area (Å²) in [4.78, 5) is 45.1. The number of anilines is 1. The fourth-order valence-electron chi connectivity index (χ4n) is 1.96. The van der Waals surface area contributed by atoms with E-state index in [0.717, 1.165) is 4.90 Å². The van der Waals surface area contributed by atoms with Gasteiger partial charge in [-0.25, -0.2) is 9.69 Å². The van der Waals surface area contributed by atoms with Crippen LogP contribution in [0.2, 0.25) is 0 Å². The quantitative estimate of drug-likeness (QED) is 0.471. The van der Waals surface area contributed by atoms with Crippen LogP contribution in [0.4, 0.5) is 16.2 Å². The Morgan fingerprint density at radius 2 is 1.95 bits per heavy atom. The predicted molar refractivity (Wildman–Crippen MR) is 69.8 cm³/mol. The summed E-state index contributed by atoms with van der Waals surface area (Å²) in [7, 11) is 0. The lowest BCUT2D eigenvalue weighted by Gasteiger charge is -2.12. The molecule has 0 spiro atoms. The van der Waals surface area contributed by atoms with Crippen molar-refractivity contribution >= 4 is 29.3 Å². The van der Waals surface area contributed by atoms with Crippen LogP contribution in [0, 0.1) is 10.1 Å². The number of urea groups is 1. The van der Waals surface area contributed by atoms with Gasteiger partial charge in [0.25, 0.3) is 11.6 Å². The van der Waals surface area contributed by atoms with E-state index in [-0.39, 0.29) is 24.2 Å². The highest BCUT2D eigenvalue weighted by Crippen LogP contribution is 2.23. The van der Waals surface area contributed by atoms with Crippen molar-refractivity contribution in [2.24, 2.45) is 0 Å². The van der Waals surface area contributed by atoms with Gasteiger partial charge in [-0.05, 0) is 18.6 Å². The molecule has 0 radical (unpaired) electrons. The Hall–Kier alpha value is -2.97. The van der Waals surface area contributed by atoms with Crippen molar-refractivity contribution in [2.75, 3.05) is 4.90 Å². The van der Waals surface area contributed by atoms with E-state index in [9.17, 15) is 24.5 Å². The van der Waals surface area contributed by atoms with Gasteiger partial charge in [0.2, 0.25) is 0 Å². The lowest BCUT2D eigenvalue weighted by atomic mass is 10.1. The Bertz CT molecular complexity index is 612. The zero-order chi connectivity index (χ0) is 15.6. The van der Waals surface area contributed by atoms with Crippen LogP contribution in [-0.2, 0) is 9.59 Å². The number of amides is 3. The summed E-state index contributed by atoms with van der Waals surface area (Å²) in [6.07, 6.45) is -0.256. The van der Waals surface area contributed by atoms with E-state index in [1.165, 1.54) is 24.3 Å². The first-order valence-corrected chi connectivity index (χ1v) is 6.01. The van der Waals surface area contributed by atoms with Gasteiger partial charge in [-0.2, -0.15) is 0 Å². The average Bonchev–Trinajstić information content (AvgIpc) is 2.71. The van der Waals surface area contributed by atoms with Crippen molar-refractivity contribution in [3.8, 4) is 0 Å². The van der Waals surface area contributed by atoms with E-state index in [1.54, 1.807) is 0 Å². The monoisotopic (exact) mass is 293 g/mol. The van der Waals surface area contributed by atoms with Crippen LogP contribution < -0.4 is 10.2 Å². The topological polar surface area (TPSA) is 130 Å². The first-order chi connectivity index (χ1) is 9.90. The van der Waals surface area contributed by atoms with E-state index in [0.29, 0.717) is 0 Å². The zero-order valence-corrected chi connectivity index (χ0v) is 10.7. The zero-order valence-electron chi connectivity index (χ0n) is 10.7. The number of hydrogen-bond acceptors (Lipinski definition) is 5. The largest absolute Gasteiger partial charge is 0.481 e. The summed E-state index contributed by atoms with van der Waals surface area (Å²) < 4.78 is 0. The van der Waals surface area contributed by atoms with Gasteiger partial charge < -0.3 is 10.4 Å². The van der Waals surface area contributed by atoms with Crippen LogP contribution in [-0.4, -0.2) is 34.0 Å². The number of nitro benzene ring substituents is 1. The number of benzene rings is 1. The summed E-state index contributed by atoms with van der Waals surface area (Å²) in [6.45, 7) is 0. The summed E-state index contributed by atoms with van der Waals surface area (Å²) in [6, 6.07) is 3.36. The molecule has 0 aliphatic carbocycles. The third-order valence-corrected chi connectivity index (χ3v) is 2.98. The molecule has 1 aliphatic heterocycles. The second kappa shape index (κ2) is 5.57. The highest BCUT2D eigenvalue weighted by Gasteiger charge is 2.39. The van der Waals surface area contributed by atoms with Gasteiger partial charge in [-0.15, -0.1) is 0 Å². The number of aliphatic carboxylic acids is 1. The highest BCUT2D eigenvalue weighted by atomic mass is 16.6. The molecule has 1 unspecified atom stereocenters. The second-order valence-corrected chi connectivity index (χ2v) is 4.38. The molecule has 2 N–H and O–H groups in total. The fraction of sp³-hybridized carbons (Fsp3) is 0.250. The Balaban J connectivity index is 2.16. The second-order valence-electron chi connectivity index (χ2n) is 4.38. The van der Waals surface area contributed by atoms with Gasteiger partial charge in [0, 0.05) is 18.6 Å². The molecule has 1 heterocycles. The number of nitrogens with one attached hydrogen (secondary N) is 1. The normalized spacial score (nSPS) is 17.7. The summed E-state index contributed by atoms with van der Waals surface area (Å²) in [5, 5.41) is 21.5. The number of imide groups is 1. The minimum absolute atomic E-state index is 0.0105. The maximum Gasteiger partial charge on any atom is 0.329 e. The number of carboxylic acids is 1. The van der Waals surface area contributed by atoms with Crippen LogP contribution >= 0.6 is 0 Å². The molecule has 1 fully saturated rings. The SMILES string of the molecule is O=C(O)CCC1NC(=O)N(c2ccc([N+](=O)[O-])cc2)C1=O. The van der Waals surface area contributed by atoms with Gasteiger partial charge in [0.15, 0.2) is 0 Å². The molecule has 1 saturated heterocycles. The molecule has 1 aliphatic rings. The predicted octanol–water partition coefficient (Wildman–Crippen LogP) is 0.884. The van der Waals surface area contributed by atoms with Gasteiger partial charge in [0.1, 0.15) is 6.04 Å². The molecule has 2 rings (SSSR count). The number of nitrogens with zero attached hydrogens (tertiary/aromatic N) is 2. The molecule has 21 heavy (non-hydrogen) atoms. The van der Waals surface area contributed by atoms with Crippen molar-refractivity contribution in [3.63, 3.8) is 0 Å². The minimum atomic E-state index is -1.06. The van der Waals surface area contributed by atoms with Crippen LogP contribution in [0.25, 0.3) is 0 Å². The number of hydrogen-bond donors (Lipinski definition) is 2. The van der Waals surface area contributed by atoms with E-state index >= 15 is 0 Å². The molecule has 9 heteroatoms. The first-order valence-electron chi connectivity index (χ1n) is 6.01. The maximum absolute atomic E-state index is 12.1. The number of carbonyl (C=O) groups excluding carboxylic acids is 2. The number of carbonyl (C=O) groups is 3. The number of non-ortho nitro benzene ring substituents is 1. The Kier molecular flexibility index (Phi) is 3.83. The summed E-state index contributed by atoms with van der Waals surface area (Å²) in [5.41, 5.74) is 0.0363. The van der Waals surface area contributed by atoms with E-state index in [2.05, 4.69) is 5.32 Å². The van der Waals surface area contributed by atoms with Crippen molar-refractivity contribution in [2.45, 2.75) is 18.9 Å². The Morgan fingerprint density at radius 1 is 1.33 bits per heavy atom. The molecule has 0 aromatic heterocycles. The number of rotatable bonds is 5. The molecule has 1 atom stereocenters. The summed E-state index contributed by atoms with van der Waals surface area (Å²) in [5.74, 6) is -1.64. The van der Waals surface area contributed by atoms with E-state index in [1.807, 2.05) is 0 Å². The van der Waals surface area contributed by atoms with Crippen LogP contribution in [0.3, 0.4) is 0 Å². The molecule has 0 saturated carbocycles. The molecule has 110 valence electrons. The number of nitro groups is 1. The minimum Gasteiger partial charge on any atom is -0.481 e. The van der Waals surface area contributed by atoms with Gasteiger partial charge >= 0.3 is 12.0 Å². The molecule has 1 aromatic carbocycles. The Labute approximate surface area is 118 Å². The molecule has 3 amide bonds. The molecular weight excluding hydrogens is 282 g/mol. The third kappa shape index (κ3) is 2.96. The third-order valence-electron chi connectivity index (χ3n) is 2.98.